The Morgan fingerprint density at radius 1 is 1.10 bits per heavy atom. The Kier molecular flexibility index (Phi) is 4.53. The molecular formula is C14H10BrF4NO. The highest BCUT2D eigenvalue weighted by Gasteiger charge is 2.33. The zero-order chi connectivity index (χ0) is 15.6. The summed E-state index contributed by atoms with van der Waals surface area (Å²) in [5.41, 5.74) is 4.38. The smallest absolute Gasteiger partial charge is 0.416 e. The van der Waals surface area contributed by atoms with E-state index < -0.39 is 17.6 Å². The molecule has 0 radical (unpaired) electrons. The molecule has 2 nitrogen and oxygen atoms in total. The van der Waals surface area contributed by atoms with Crippen molar-refractivity contribution in [1.82, 2.24) is 0 Å². The van der Waals surface area contributed by atoms with E-state index in [9.17, 15) is 17.6 Å². The molecule has 0 amide bonds. The molecule has 0 saturated carbocycles. The minimum absolute atomic E-state index is 0.0837. The third-order valence-electron chi connectivity index (χ3n) is 2.72. The molecule has 0 saturated heterocycles. The molecule has 2 rings (SSSR count). The van der Waals surface area contributed by atoms with Crippen molar-refractivity contribution < 1.29 is 22.3 Å². The largest absolute Gasteiger partial charge is 0.454 e. The van der Waals surface area contributed by atoms with Crippen molar-refractivity contribution in [2.75, 3.05) is 0 Å². The van der Waals surface area contributed by atoms with E-state index in [0.29, 0.717) is 4.47 Å². The summed E-state index contributed by atoms with van der Waals surface area (Å²) < 4.78 is 57.7. The number of benzene rings is 2. The number of halogens is 5. The van der Waals surface area contributed by atoms with Crippen LogP contribution in [0.5, 0.6) is 11.5 Å². The summed E-state index contributed by atoms with van der Waals surface area (Å²) in [4.78, 5) is 0. The first-order valence-corrected chi connectivity index (χ1v) is 6.63. The fraction of sp³-hybridized carbons (Fsp3) is 0.143. The summed E-state index contributed by atoms with van der Waals surface area (Å²) in [6, 6.07) is 7.21. The summed E-state index contributed by atoms with van der Waals surface area (Å²) in [5, 5.41) is 0. The summed E-state index contributed by atoms with van der Waals surface area (Å²) >= 11 is 3.16. The SMILES string of the molecule is NCc1cc(Oc2cc(Br)ccc2F)ccc1C(F)(F)F. The van der Waals surface area contributed by atoms with E-state index in [1.165, 1.54) is 18.2 Å². The van der Waals surface area contributed by atoms with Crippen LogP contribution in [0, 0.1) is 5.82 Å². The summed E-state index contributed by atoms with van der Waals surface area (Å²) in [5.74, 6) is -0.625. The maximum Gasteiger partial charge on any atom is 0.416 e. The van der Waals surface area contributed by atoms with E-state index in [4.69, 9.17) is 10.5 Å². The van der Waals surface area contributed by atoms with Gasteiger partial charge in [-0.1, -0.05) is 15.9 Å². The fourth-order valence-electron chi connectivity index (χ4n) is 1.76. The van der Waals surface area contributed by atoms with Crippen molar-refractivity contribution in [3.63, 3.8) is 0 Å². The molecule has 7 heteroatoms. The second kappa shape index (κ2) is 6.03. The maximum atomic E-state index is 13.6. The Balaban J connectivity index is 2.36. The third kappa shape index (κ3) is 3.74. The van der Waals surface area contributed by atoms with Gasteiger partial charge in [0.25, 0.3) is 0 Å². The van der Waals surface area contributed by atoms with Crippen molar-refractivity contribution in [3.05, 3.63) is 57.8 Å². The van der Waals surface area contributed by atoms with E-state index in [1.54, 1.807) is 0 Å². The molecule has 0 aliphatic heterocycles. The van der Waals surface area contributed by atoms with E-state index in [2.05, 4.69) is 15.9 Å². The molecule has 2 N–H and O–H groups in total. The van der Waals surface area contributed by atoms with E-state index in [-0.39, 0.29) is 23.6 Å². The number of rotatable bonds is 3. The monoisotopic (exact) mass is 363 g/mol. The molecule has 0 spiro atoms. The quantitative estimate of drug-likeness (QED) is 0.790. The van der Waals surface area contributed by atoms with Crippen molar-refractivity contribution in [1.29, 1.82) is 0 Å². The zero-order valence-corrected chi connectivity index (χ0v) is 12.1. The highest BCUT2D eigenvalue weighted by Crippen LogP contribution is 2.35. The van der Waals surface area contributed by atoms with Gasteiger partial charge in [-0.15, -0.1) is 0 Å². The molecule has 21 heavy (non-hydrogen) atoms. The van der Waals surface area contributed by atoms with Crippen LogP contribution in [-0.2, 0) is 12.7 Å². The molecule has 112 valence electrons. The van der Waals surface area contributed by atoms with Gasteiger partial charge in [0, 0.05) is 11.0 Å². The van der Waals surface area contributed by atoms with Gasteiger partial charge in [0.1, 0.15) is 5.75 Å². The van der Waals surface area contributed by atoms with Crippen molar-refractivity contribution in [2.45, 2.75) is 12.7 Å². The van der Waals surface area contributed by atoms with Gasteiger partial charge in [0.05, 0.1) is 5.56 Å². The lowest BCUT2D eigenvalue weighted by atomic mass is 10.1. The summed E-state index contributed by atoms with van der Waals surface area (Å²) in [7, 11) is 0. The first kappa shape index (κ1) is 15.8. The van der Waals surface area contributed by atoms with Gasteiger partial charge in [-0.3, -0.25) is 0 Å². The van der Waals surface area contributed by atoms with Crippen LogP contribution in [0.1, 0.15) is 11.1 Å². The number of ether oxygens (including phenoxy) is 1. The van der Waals surface area contributed by atoms with E-state index in [1.807, 2.05) is 0 Å². The lowest BCUT2D eigenvalue weighted by Crippen LogP contribution is -2.11. The van der Waals surface area contributed by atoms with E-state index >= 15 is 0 Å². The molecule has 0 aromatic heterocycles. The Labute approximate surface area is 126 Å². The van der Waals surface area contributed by atoms with Crippen LogP contribution < -0.4 is 10.5 Å². The molecule has 0 heterocycles. The normalized spacial score (nSPS) is 11.5. The summed E-state index contributed by atoms with van der Waals surface area (Å²) in [6.07, 6.45) is -4.49. The molecular weight excluding hydrogens is 354 g/mol. The Bertz CT molecular complexity index is 658. The molecule has 0 atom stereocenters. The van der Waals surface area contributed by atoms with Crippen LogP contribution in [0.15, 0.2) is 40.9 Å². The topological polar surface area (TPSA) is 35.2 Å². The van der Waals surface area contributed by atoms with Crippen molar-refractivity contribution in [2.24, 2.45) is 5.73 Å². The van der Waals surface area contributed by atoms with Crippen LogP contribution in [0.2, 0.25) is 0 Å². The average Bonchev–Trinajstić information content (AvgIpc) is 2.41. The molecule has 2 aromatic rings. The Hall–Kier alpha value is -1.60. The minimum Gasteiger partial charge on any atom is -0.454 e. The Morgan fingerprint density at radius 2 is 1.81 bits per heavy atom. The van der Waals surface area contributed by atoms with Crippen LogP contribution >= 0.6 is 15.9 Å². The average molecular weight is 364 g/mol. The second-order valence-electron chi connectivity index (χ2n) is 4.20. The lowest BCUT2D eigenvalue weighted by molar-refractivity contribution is -0.138. The van der Waals surface area contributed by atoms with Gasteiger partial charge in [0.15, 0.2) is 11.6 Å². The summed E-state index contributed by atoms with van der Waals surface area (Å²) in [6.45, 7) is -0.299. The highest BCUT2D eigenvalue weighted by molar-refractivity contribution is 9.10. The molecule has 0 aliphatic rings. The second-order valence-corrected chi connectivity index (χ2v) is 5.11. The van der Waals surface area contributed by atoms with Crippen LogP contribution in [-0.4, -0.2) is 0 Å². The van der Waals surface area contributed by atoms with Gasteiger partial charge in [-0.25, -0.2) is 4.39 Å². The van der Waals surface area contributed by atoms with Gasteiger partial charge in [-0.2, -0.15) is 13.2 Å². The van der Waals surface area contributed by atoms with Crippen molar-refractivity contribution >= 4 is 15.9 Å². The molecule has 0 fully saturated rings. The predicted molar refractivity (Wildman–Crippen MR) is 73.5 cm³/mol. The van der Waals surface area contributed by atoms with Gasteiger partial charge in [-0.05, 0) is 42.0 Å². The number of nitrogens with two attached hydrogens (primary N) is 1. The van der Waals surface area contributed by atoms with Gasteiger partial charge >= 0.3 is 6.18 Å². The number of alkyl halides is 3. The van der Waals surface area contributed by atoms with Gasteiger partial charge in [0.2, 0.25) is 0 Å². The fourth-order valence-corrected chi connectivity index (χ4v) is 2.10. The minimum atomic E-state index is -4.49. The highest BCUT2D eigenvalue weighted by atomic mass is 79.9. The van der Waals surface area contributed by atoms with Crippen molar-refractivity contribution in [3.8, 4) is 11.5 Å². The van der Waals surface area contributed by atoms with E-state index in [0.717, 1.165) is 18.2 Å². The number of hydrogen-bond donors (Lipinski definition) is 1. The van der Waals surface area contributed by atoms with Crippen LogP contribution in [0.3, 0.4) is 0 Å². The third-order valence-corrected chi connectivity index (χ3v) is 3.22. The zero-order valence-electron chi connectivity index (χ0n) is 10.5. The standard InChI is InChI=1S/C14H10BrF4NO/c15-9-1-4-12(16)13(6-9)21-10-2-3-11(14(17,18)19)8(5-10)7-20/h1-6H,7,20H2. The Morgan fingerprint density at radius 3 is 2.43 bits per heavy atom. The number of hydrogen-bond acceptors (Lipinski definition) is 2. The lowest BCUT2D eigenvalue weighted by Gasteiger charge is -2.14. The molecule has 2 aromatic carbocycles. The molecule has 0 bridgehead atoms. The maximum absolute atomic E-state index is 13.6. The van der Waals surface area contributed by atoms with Gasteiger partial charge < -0.3 is 10.5 Å². The predicted octanol–water partition coefficient (Wildman–Crippen LogP) is 4.86. The van der Waals surface area contributed by atoms with Crippen LogP contribution in [0.4, 0.5) is 17.6 Å². The molecule has 0 aliphatic carbocycles. The first-order valence-electron chi connectivity index (χ1n) is 5.84. The van der Waals surface area contributed by atoms with Crippen LogP contribution in [0.25, 0.3) is 0 Å². The first-order chi connectivity index (χ1) is 9.81. The molecule has 0 unspecified atom stereocenters.